The first-order chi connectivity index (χ1) is 12.4. The standard InChI is InChI=1S/C17H18N2O6S/c1-10-9-26-16-17(24-2,15(23)19(16)13(10)14(21)22)18-12(20)8-25-11-6-4-3-5-7-11/h3-7,16H,8-9H2,1-2H3,(H,18,20)(H,21,22)/t16-,17-/m0/s1. The average Bonchev–Trinajstić information content (AvgIpc) is 2.64. The normalized spacial score (nSPS) is 24.6. The van der Waals surface area contributed by atoms with E-state index in [4.69, 9.17) is 9.47 Å². The van der Waals surface area contributed by atoms with Gasteiger partial charge in [0, 0.05) is 12.9 Å². The number of nitrogens with one attached hydrogen (secondary N) is 1. The molecule has 1 aromatic carbocycles. The Morgan fingerprint density at radius 2 is 2.08 bits per heavy atom. The van der Waals surface area contributed by atoms with Gasteiger partial charge in [-0.2, -0.15) is 0 Å². The Morgan fingerprint density at radius 1 is 1.38 bits per heavy atom. The number of carbonyl (C=O) groups is 3. The minimum absolute atomic E-state index is 0.0544. The Morgan fingerprint density at radius 3 is 2.69 bits per heavy atom. The summed E-state index contributed by atoms with van der Waals surface area (Å²) in [4.78, 5) is 37.5. The van der Waals surface area contributed by atoms with E-state index in [1.165, 1.54) is 18.9 Å². The van der Waals surface area contributed by atoms with Crippen LogP contribution in [0, 0.1) is 0 Å². The smallest absolute Gasteiger partial charge is 0.352 e. The number of ether oxygens (including phenoxy) is 2. The van der Waals surface area contributed by atoms with Crippen molar-refractivity contribution >= 4 is 29.5 Å². The second kappa shape index (κ2) is 7.00. The van der Waals surface area contributed by atoms with Crippen molar-refractivity contribution in [2.24, 2.45) is 0 Å². The molecule has 0 bridgehead atoms. The van der Waals surface area contributed by atoms with Crippen LogP contribution in [0.3, 0.4) is 0 Å². The van der Waals surface area contributed by atoms with E-state index in [0.29, 0.717) is 17.1 Å². The molecule has 2 aliphatic heterocycles. The van der Waals surface area contributed by atoms with Gasteiger partial charge in [-0.25, -0.2) is 4.79 Å². The summed E-state index contributed by atoms with van der Waals surface area (Å²) >= 11 is 1.34. The summed E-state index contributed by atoms with van der Waals surface area (Å²) in [5.74, 6) is -1.37. The molecule has 1 aromatic rings. The van der Waals surface area contributed by atoms with E-state index in [-0.39, 0.29) is 12.3 Å². The van der Waals surface area contributed by atoms with Crippen LogP contribution in [0.5, 0.6) is 5.75 Å². The second-order valence-electron chi connectivity index (χ2n) is 5.86. The predicted octanol–water partition coefficient (Wildman–Crippen LogP) is 0.798. The van der Waals surface area contributed by atoms with Crippen LogP contribution in [0.25, 0.3) is 0 Å². The van der Waals surface area contributed by atoms with Crippen LogP contribution in [0.2, 0.25) is 0 Å². The zero-order valence-electron chi connectivity index (χ0n) is 14.2. The molecule has 26 heavy (non-hydrogen) atoms. The van der Waals surface area contributed by atoms with Crippen LogP contribution < -0.4 is 10.1 Å². The minimum atomic E-state index is -1.59. The van der Waals surface area contributed by atoms with Gasteiger partial charge in [-0.05, 0) is 24.6 Å². The molecule has 2 N–H and O–H groups in total. The SMILES string of the molecule is CO[C@@]1(NC(=O)COc2ccccc2)C(=O)N2C(C(=O)O)=C(C)CS[C@H]21. The molecule has 8 nitrogen and oxygen atoms in total. The van der Waals surface area contributed by atoms with Gasteiger partial charge in [0.25, 0.3) is 17.5 Å². The number of carbonyl (C=O) groups excluding carboxylic acids is 2. The van der Waals surface area contributed by atoms with Gasteiger partial charge in [-0.15, -0.1) is 11.8 Å². The maximum Gasteiger partial charge on any atom is 0.352 e. The maximum atomic E-state index is 12.7. The van der Waals surface area contributed by atoms with E-state index in [2.05, 4.69) is 5.32 Å². The summed E-state index contributed by atoms with van der Waals surface area (Å²) < 4.78 is 10.7. The van der Waals surface area contributed by atoms with E-state index in [0.717, 1.165) is 4.90 Å². The number of fused-ring (bicyclic) bond motifs is 1. The molecule has 9 heteroatoms. The molecule has 2 heterocycles. The second-order valence-corrected chi connectivity index (χ2v) is 6.93. The van der Waals surface area contributed by atoms with Crippen LogP contribution in [-0.4, -0.2) is 58.4 Å². The number of carboxylic acid groups (broad SMARTS) is 1. The van der Waals surface area contributed by atoms with Gasteiger partial charge >= 0.3 is 5.97 Å². The lowest BCUT2D eigenvalue weighted by Crippen LogP contribution is -2.80. The average molecular weight is 378 g/mol. The van der Waals surface area contributed by atoms with Crippen molar-refractivity contribution in [3.05, 3.63) is 41.6 Å². The molecule has 138 valence electrons. The number of thioether (sulfide) groups is 1. The fourth-order valence-corrected chi connectivity index (χ4v) is 4.33. The van der Waals surface area contributed by atoms with Gasteiger partial charge in [0.15, 0.2) is 6.61 Å². The number of aliphatic carboxylic acids is 1. The van der Waals surface area contributed by atoms with E-state index in [1.807, 2.05) is 6.07 Å². The van der Waals surface area contributed by atoms with Crippen molar-refractivity contribution < 1.29 is 29.0 Å². The molecule has 0 spiro atoms. The lowest BCUT2D eigenvalue weighted by molar-refractivity contribution is -0.192. The first-order valence-electron chi connectivity index (χ1n) is 7.83. The molecule has 1 fully saturated rings. The maximum absolute atomic E-state index is 12.7. The first kappa shape index (κ1) is 18.3. The lowest BCUT2D eigenvalue weighted by Gasteiger charge is -2.55. The summed E-state index contributed by atoms with van der Waals surface area (Å²) in [6.45, 7) is 1.37. The highest BCUT2D eigenvalue weighted by atomic mass is 32.2. The van der Waals surface area contributed by atoms with Crippen LogP contribution in [0.15, 0.2) is 41.6 Å². The zero-order valence-corrected chi connectivity index (χ0v) is 15.0. The van der Waals surface area contributed by atoms with Gasteiger partial charge < -0.3 is 19.9 Å². The third kappa shape index (κ3) is 2.93. The molecule has 0 aliphatic carbocycles. The quantitative estimate of drug-likeness (QED) is 0.557. The van der Waals surface area contributed by atoms with Crippen LogP contribution in [0.4, 0.5) is 0 Å². The van der Waals surface area contributed by atoms with Crippen molar-refractivity contribution in [3.8, 4) is 5.75 Å². The number of hydrogen-bond donors (Lipinski definition) is 2. The number of para-hydroxylation sites is 1. The van der Waals surface area contributed by atoms with E-state index < -0.39 is 28.9 Å². The highest BCUT2D eigenvalue weighted by Crippen LogP contribution is 2.46. The summed E-state index contributed by atoms with van der Waals surface area (Å²) in [5.41, 5.74) is -1.06. The molecule has 3 rings (SSSR count). The largest absolute Gasteiger partial charge is 0.484 e. The van der Waals surface area contributed by atoms with Crippen LogP contribution in [-0.2, 0) is 19.1 Å². The molecule has 0 saturated carbocycles. The van der Waals surface area contributed by atoms with Crippen molar-refractivity contribution in [1.29, 1.82) is 0 Å². The Labute approximate surface area is 154 Å². The third-order valence-corrected chi connectivity index (χ3v) is 5.64. The number of amides is 2. The predicted molar refractivity (Wildman–Crippen MR) is 93.2 cm³/mol. The fraction of sp³-hybridized carbons (Fsp3) is 0.353. The molecule has 0 radical (unpaired) electrons. The van der Waals surface area contributed by atoms with Crippen LogP contribution in [0.1, 0.15) is 6.92 Å². The number of carboxylic acids is 1. The van der Waals surface area contributed by atoms with E-state index >= 15 is 0 Å². The van der Waals surface area contributed by atoms with E-state index in [1.54, 1.807) is 31.2 Å². The molecule has 2 amide bonds. The van der Waals surface area contributed by atoms with Crippen molar-refractivity contribution in [2.45, 2.75) is 18.0 Å². The number of β-lactam (4-membered cyclic amide) rings is 1. The lowest BCUT2D eigenvalue weighted by atomic mass is 9.98. The van der Waals surface area contributed by atoms with Gasteiger partial charge in [0.1, 0.15) is 16.8 Å². The Hall–Kier alpha value is -2.52. The molecule has 0 unspecified atom stereocenters. The molecule has 2 atom stereocenters. The topological polar surface area (TPSA) is 105 Å². The number of methoxy groups -OCH3 is 1. The van der Waals surface area contributed by atoms with Crippen LogP contribution >= 0.6 is 11.8 Å². The number of nitrogens with zero attached hydrogens (tertiary/aromatic N) is 1. The highest BCUT2D eigenvalue weighted by molar-refractivity contribution is 8.00. The van der Waals surface area contributed by atoms with Gasteiger partial charge in [-0.3, -0.25) is 14.5 Å². The Balaban J connectivity index is 1.71. The molecule has 2 aliphatic rings. The number of rotatable bonds is 6. The van der Waals surface area contributed by atoms with Gasteiger partial charge in [-0.1, -0.05) is 18.2 Å². The number of benzene rings is 1. The summed E-state index contributed by atoms with van der Waals surface area (Å²) in [6, 6.07) is 8.79. The monoisotopic (exact) mass is 378 g/mol. The van der Waals surface area contributed by atoms with E-state index in [9.17, 15) is 19.5 Å². The zero-order chi connectivity index (χ0) is 18.9. The summed E-state index contributed by atoms with van der Waals surface area (Å²) in [7, 11) is 1.31. The van der Waals surface area contributed by atoms with Gasteiger partial charge in [0.05, 0.1) is 0 Å². The molecular formula is C17H18N2O6S. The van der Waals surface area contributed by atoms with Crippen molar-refractivity contribution in [1.82, 2.24) is 10.2 Å². The minimum Gasteiger partial charge on any atom is -0.484 e. The Kier molecular flexibility index (Phi) is 4.92. The summed E-state index contributed by atoms with van der Waals surface area (Å²) in [5, 5.41) is 11.3. The molecular weight excluding hydrogens is 360 g/mol. The van der Waals surface area contributed by atoms with Crippen molar-refractivity contribution in [2.75, 3.05) is 19.5 Å². The third-order valence-electron chi connectivity index (χ3n) is 4.18. The van der Waals surface area contributed by atoms with Gasteiger partial charge in [0.2, 0.25) is 0 Å². The summed E-state index contributed by atoms with van der Waals surface area (Å²) in [6.07, 6.45) is 0. The molecule has 0 aromatic heterocycles. The Bertz CT molecular complexity index is 781. The fourth-order valence-electron chi connectivity index (χ4n) is 2.94. The van der Waals surface area contributed by atoms with Crippen molar-refractivity contribution in [3.63, 3.8) is 0 Å². The molecule has 1 saturated heterocycles. The first-order valence-corrected chi connectivity index (χ1v) is 8.88. The number of hydrogen-bond acceptors (Lipinski definition) is 6. The highest BCUT2D eigenvalue weighted by Gasteiger charge is 2.66.